The van der Waals surface area contributed by atoms with Gasteiger partial charge in [0.25, 0.3) is 0 Å². The molecule has 0 heterocycles. The molecule has 0 radical (unpaired) electrons. The van der Waals surface area contributed by atoms with Crippen LogP contribution in [0.3, 0.4) is 0 Å². The molecular weight excluding hydrogens is 496 g/mol. The van der Waals surface area contributed by atoms with Crippen molar-refractivity contribution < 1.29 is 20.4 Å². The van der Waals surface area contributed by atoms with Gasteiger partial charge in [0.1, 0.15) is 22.4 Å². The van der Waals surface area contributed by atoms with Gasteiger partial charge in [0.15, 0.2) is 0 Å². The van der Waals surface area contributed by atoms with E-state index in [1.807, 2.05) is 52.0 Å². The van der Waals surface area contributed by atoms with Crippen molar-refractivity contribution in [2.45, 2.75) is 105 Å². The van der Waals surface area contributed by atoms with E-state index in [1.54, 1.807) is 55.4 Å². The van der Waals surface area contributed by atoms with Gasteiger partial charge in [-0.25, -0.2) is 0 Å². The Morgan fingerprint density at radius 2 is 0.525 bits per heavy atom. The third-order valence-corrected chi connectivity index (χ3v) is 5.28. The highest BCUT2D eigenvalue weighted by molar-refractivity contribution is 5.55. The molecule has 0 saturated carbocycles. The summed E-state index contributed by atoms with van der Waals surface area (Å²) in [5.74, 6) is 23.1. The summed E-state index contributed by atoms with van der Waals surface area (Å²) < 4.78 is 0. The van der Waals surface area contributed by atoms with Crippen molar-refractivity contribution >= 4 is 0 Å². The lowest BCUT2D eigenvalue weighted by Crippen LogP contribution is -2.15. The normalized spacial score (nSPS) is 11.2. The standard InChI is InChI=1S/2C18H22O2/c2*1-13-11-15(7-9-17(3,4)19)16(12-14(13)2)8-10-18(5,6)20/h2*11-12,19-20H,1-6H3. The van der Waals surface area contributed by atoms with Gasteiger partial charge in [-0.2, -0.15) is 0 Å². The van der Waals surface area contributed by atoms with E-state index < -0.39 is 22.4 Å². The highest BCUT2D eigenvalue weighted by Crippen LogP contribution is 2.17. The molecule has 2 aromatic rings. The van der Waals surface area contributed by atoms with Crippen LogP contribution in [0.4, 0.5) is 0 Å². The van der Waals surface area contributed by atoms with Crippen LogP contribution in [-0.2, 0) is 0 Å². The van der Waals surface area contributed by atoms with E-state index in [2.05, 4.69) is 47.4 Å². The van der Waals surface area contributed by atoms with Crippen LogP contribution in [0.5, 0.6) is 0 Å². The van der Waals surface area contributed by atoms with E-state index >= 15 is 0 Å². The molecule has 0 saturated heterocycles. The van der Waals surface area contributed by atoms with Crippen LogP contribution in [0.15, 0.2) is 24.3 Å². The lowest BCUT2D eigenvalue weighted by molar-refractivity contribution is 0.143. The fraction of sp³-hybridized carbons (Fsp3) is 0.444. The fourth-order valence-electron chi connectivity index (χ4n) is 2.93. The molecular formula is C36H44O4. The van der Waals surface area contributed by atoms with E-state index in [-0.39, 0.29) is 0 Å². The molecule has 0 aliphatic carbocycles. The van der Waals surface area contributed by atoms with Gasteiger partial charge in [-0.05, 0) is 130 Å². The molecule has 0 atom stereocenters. The molecule has 0 amide bonds. The zero-order chi connectivity index (χ0) is 31.1. The summed E-state index contributed by atoms with van der Waals surface area (Å²) in [7, 11) is 0. The van der Waals surface area contributed by atoms with Crippen LogP contribution in [0.1, 0.15) is 99.9 Å². The van der Waals surface area contributed by atoms with Gasteiger partial charge >= 0.3 is 0 Å². The molecule has 2 rings (SSSR count). The number of hydrogen-bond acceptors (Lipinski definition) is 4. The maximum Gasteiger partial charge on any atom is 0.120 e. The first kappa shape index (κ1) is 34.5. The molecule has 4 heteroatoms. The first-order valence-corrected chi connectivity index (χ1v) is 13.2. The quantitative estimate of drug-likeness (QED) is 0.351. The molecule has 0 bridgehead atoms. The predicted molar refractivity (Wildman–Crippen MR) is 165 cm³/mol. The Balaban J connectivity index is 0.000000400. The molecule has 212 valence electrons. The average Bonchev–Trinajstić information content (AvgIpc) is 2.76. The lowest BCUT2D eigenvalue weighted by atomic mass is 9.98. The minimum absolute atomic E-state index is 0.770. The first-order valence-electron chi connectivity index (χ1n) is 13.2. The Kier molecular flexibility index (Phi) is 11.4. The summed E-state index contributed by atoms with van der Waals surface area (Å²) in [5.41, 5.74) is 3.41. The maximum absolute atomic E-state index is 9.70. The van der Waals surface area contributed by atoms with E-state index in [0.717, 1.165) is 44.5 Å². The third kappa shape index (κ3) is 14.1. The van der Waals surface area contributed by atoms with Crippen LogP contribution in [0.2, 0.25) is 0 Å². The van der Waals surface area contributed by atoms with E-state index in [0.29, 0.717) is 0 Å². The Bertz CT molecular complexity index is 1240. The highest BCUT2D eigenvalue weighted by Gasteiger charge is 2.11. The van der Waals surface area contributed by atoms with Gasteiger partial charge in [-0.15, -0.1) is 0 Å². The molecule has 4 nitrogen and oxygen atoms in total. The van der Waals surface area contributed by atoms with Crippen molar-refractivity contribution in [3.8, 4) is 47.4 Å². The molecule has 40 heavy (non-hydrogen) atoms. The van der Waals surface area contributed by atoms with Crippen molar-refractivity contribution in [2.75, 3.05) is 0 Å². The van der Waals surface area contributed by atoms with Crippen LogP contribution < -0.4 is 0 Å². The molecule has 4 N–H and O–H groups in total. The minimum Gasteiger partial charge on any atom is -0.378 e. The smallest absolute Gasteiger partial charge is 0.120 e. The Hall–Kier alpha value is -3.48. The monoisotopic (exact) mass is 540 g/mol. The van der Waals surface area contributed by atoms with Crippen LogP contribution >= 0.6 is 0 Å². The number of aryl methyl sites for hydroxylation is 4. The van der Waals surface area contributed by atoms with Gasteiger partial charge in [0.05, 0.1) is 0 Å². The van der Waals surface area contributed by atoms with Gasteiger partial charge in [0, 0.05) is 22.3 Å². The van der Waals surface area contributed by atoms with E-state index in [1.165, 1.54) is 0 Å². The molecule has 2 aromatic carbocycles. The Morgan fingerprint density at radius 1 is 0.375 bits per heavy atom. The number of hydrogen-bond donors (Lipinski definition) is 4. The fourth-order valence-corrected chi connectivity index (χ4v) is 2.93. The maximum atomic E-state index is 9.70. The van der Waals surface area contributed by atoms with Gasteiger partial charge in [-0.1, -0.05) is 47.4 Å². The average molecular weight is 541 g/mol. The van der Waals surface area contributed by atoms with Gasteiger partial charge < -0.3 is 20.4 Å². The van der Waals surface area contributed by atoms with Crippen molar-refractivity contribution in [1.82, 2.24) is 0 Å². The molecule has 0 fully saturated rings. The van der Waals surface area contributed by atoms with Crippen molar-refractivity contribution in [3.63, 3.8) is 0 Å². The first-order chi connectivity index (χ1) is 18.0. The summed E-state index contributed by atoms with van der Waals surface area (Å²) in [6, 6.07) is 7.84. The summed E-state index contributed by atoms with van der Waals surface area (Å²) in [6.07, 6.45) is 0. The van der Waals surface area contributed by atoms with Crippen LogP contribution in [-0.4, -0.2) is 42.8 Å². The molecule has 0 aliphatic rings. The predicted octanol–water partition coefficient (Wildman–Crippen LogP) is 5.10. The molecule has 0 aliphatic heterocycles. The van der Waals surface area contributed by atoms with E-state index in [9.17, 15) is 20.4 Å². The lowest BCUT2D eigenvalue weighted by Gasteiger charge is -2.09. The summed E-state index contributed by atoms with van der Waals surface area (Å²) in [4.78, 5) is 0. The molecule has 0 spiro atoms. The minimum atomic E-state index is -1.04. The second kappa shape index (κ2) is 13.2. The van der Waals surface area contributed by atoms with E-state index in [4.69, 9.17) is 0 Å². The number of aliphatic hydroxyl groups is 4. The van der Waals surface area contributed by atoms with Gasteiger partial charge in [0.2, 0.25) is 0 Å². The zero-order valence-corrected chi connectivity index (χ0v) is 26.1. The highest BCUT2D eigenvalue weighted by atomic mass is 16.3. The topological polar surface area (TPSA) is 80.9 Å². The van der Waals surface area contributed by atoms with Crippen molar-refractivity contribution in [2.24, 2.45) is 0 Å². The van der Waals surface area contributed by atoms with Crippen LogP contribution in [0, 0.1) is 75.1 Å². The largest absolute Gasteiger partial charge is 0.378 e. The summed E-state index contributed by atoms with van der Waals surface area (Å²) in [5, 5.41) is 38.8. The second-order valence-corrected chi connectivity index (χ2v) is 12.2. The Labute approximate surface area is 241 Å². The van der Waals surface area contributed by atoms with Crippen molar-refractivity contribution in [3.05, 3.63) is 68.8 Å². The van der Waals surface area contributed by atoms with Gasteiger partial charge in [-0.3, -0.25) is 0 Å². The second-order valence-electron chi connectivity index (χ2n) is 12.2. The summed E-state index contributed by atoms with van der Waals surface area (Å²) in [6.45, 7) is 21.2. The van der Waals surface area contributed by atoms with Crippen LogP contribution in [0.25, 0.3) is 0 Å². The molecule has 0 aromatic heterocycles. The summed E-state index contributed by atoms with van der Waals surface area (Å²) >= 11 is 0. The molecule has 0 unspecified atom stereocenters. The number of rotatable bonds is 0. The zero-order valence-electron chi connectivity index (χ0n) is 26.1. The number of benzene rings is 2. The SMILES string of the molecule is Cc1cc(C#CC(C)(C)O)c(C#CC(C)(C)O)cc1C.Cc1cc(C#CC(C)(C)O)c(C#CC(C)(C)O)cc1C. The third-order valence-electron chi connectivity index (χ3n) is 5.28. The Morgan fingerprint density at radius 3 is 0.650 bits per heavy atom. The van der Waals surface area contributed by atoms with Crippen molar-refractivity contribution in [1.29, 1.82) is 0 Å².